The summed E-state index contributed by atoms with van der Waals surface area (Å²) >= 11 is 0. The maximum absolute atomic E-state index is 10.4. The number of anilines is 1. The van der Waals surface area contributed by atoms with Gasteiger partial charge >= 0.3 is 0 Å². The summed E-state index contributed by atoms with van der Waals surface area (Å²) in [6.07, 6.45) is 2.50. The highest BCUT2D eigenvalue weighted by Crippen LogP contribution is 2.29. The minimum Gasteiger partial charge on any atom is -0.496 e. The van der Waals surface area contributed by atoms with Gasteiger partial charge in [-0.2, -0.15) is 0 Å². The summed E-state index contributed by atoms with van der Waals surface area (Å²) in [6.45, 7) is 6.53. The lowest BCUT2D eigenvalue weighted by Gasteiger charge is -2.26. The Morgan fingerprint density at radius 3 is 2.71 bits per heavy atom. The second-order valence-corrected chi connectivity index (χ2v) is 6.16. The molecule has 2 aromatic rings. The van der Waals surface area contributed by atoms with Crippen LogP contribution in [0.1, 0.15) is 27.2 Å². The zero-order valence-electron chi connectivity index (χ0n) is 13.2. The molecule has 0 amide bonds. The van der Waals surface area contributed by atoms with Gasteiger partial charge in [0.25, 0.3) is 0 Å². The molecule has 2 rings (SSSR count). The van der Waals surface area contributed by atoms with Crippen molar-refractivity contribution in [1.82, 2.24) is 4.98 Å². The van der Waals surface area contributed by atoms with Gasteiger partial charge < -0.3 is 15.2 Å². The molecule has 0 aliphatic rings. The van der Waals surface area contributed by atoms with Crippen LogP contribution in [0.15, 0.2) is 30.5 Å². The van der Waals surface area contributed by atoms with E-state index in [1.54, 1.807) is 13.3 Å². The summed E-state index contributed by atoms with van der Waals surface area (Å²) in [5, 5.41) is 15.7. The first kappa shape index (κ1) is 15.6. The van der Waals surface area contributed by atoms with Gasteiger partial charge in [0.1, 0.15) is 11.6 Å². The number of benzene rings is 1. The van der Waals surface area contributed by atoms with Crippen molar-refractivity contribution in [2.75, 3.05) is 19.0 Å². The molecule has 0 aliphatic carbocycles. The highest BCUT2D eigenvalue weighted by atomic mass is 16.5. The van der Waals surface area contributed by atoms with Gasteiger partial charge in [-0.15, -0.1) is 0 Å². The number of hydrogen-bond acceptors (Lipinski definition) is 4. The van der Waals surface area contributed by atoms with Crippen molar-refractivity contribution in [3.05, 3.63) is 30.5 Å². The molecule has 4 nitrogen and oxygen atoms in total. The molecule has 1 unspecified atom stereocenters. The van der Waals surface area contributed by atoms with Crippen LogP contribution in [0.5, 0.6) is 5.75 Å². The first-order valence-corrected chi connectivity index (χ1v) is 7.31. The summed E-state index contributed by atoms with van der Waals surface area (Å²) in [6, 6.07) is 7.82. The molecule has 0 fully saturated rings. The maximum Gasteiger partial charge on any atom is 0.134 e. The van der Waals surface area contributed by atoms with E-state index in [9.17, 15) is 5.11 Å². The van der Waals surface area contributed by atoms with Crippen LogP contribution in [0.2, 0.25) is 0 Å². The molecule has 0 spiro atoms. The van der Waals surface area contributed by atoms with Gasteiger partial charge in [-0.1, -0.05) is 26.0 Å². The second-order valence-electron chi connectivity index (χ2n) is 6.16. The van der Waals surface area contributed by atoms with Gasteiger partial charge in [0, 0.05) is 23.5 Å². The minimum atomic E-state index is -0.753. The van der Waals surface area contributed by atoms with Gasteiger partial charge in [0.15, 0.2) is 0 Å². The molecular formula is C17H24N2O2. The fourth-order valence-corrected chi connectivity index (χ4v) is 2.72. The van der Waals surface area contributed by atoms with Crippen LogP contribution in [-0.2, 0) is 0 Å². The largest absolute Gasteiger partial charge is 0.496 e. The number of ether oxygens (including phenoxy) is 1. The number of aromatic nitrogens is 1. The van der Waals surface area contributed by atoms with Gasteiger partial charge in [-0.05, 0) is 31.4 Å². The van der Waals surface area contributed by atoms with Crippen LogP contribution >= 0.6 is 0 Å². The molecule has 0 bridgehead atoms. The Hall–Kier alpha value is -1.81. The summed E-state index contributed by atoms with van der Waals surface area (Å²) in [7, 11) is 1.66. The monoisotopic (exact) mass is 288 g/mol. The van der Waals surface area contributed by atoms with E-state index in [0.717, 1.165) is 28.8 Å². The summed E-state index contributed by atoms with van der Waals surface area (Å²) in [5.74, 6) is 2.05. The molecule has 0 aliphatic heterocycles. The molecule has 1 aromatic heterocycles. The van der Waals surface area contributed by atoms with E-state index in [2.05, 4.69) is 24.1 Å². The first-order valence-electron chi connectivity index (χ1n) is 7.31. The molecular weight excluding hydrogens is 264 g/mol. The molecule has 0 saturated carbocycles. The Balaban J connectivity index is 2.23. The van der Waals surface area contributed by atoms with Crippen LogP contribution in [0.25, 0.3) is 10.8 Å². The van der Waals surface area contributed by atoms with Gasteiger partial charge in [0.05, 0.1) is 12.7 Å². The van der Waals surface area contributed by atoms with Crippen molar-refractivity contribution in [2.45, 2.75) is 32.8 Å². The minimum absolute atomic E-state index is 0.447. The van der Waals surface area contributed by atoms with Gasteiger partial charge in [0.2, 0.25) is 0 Å². The molecule has 1 aromatic carbocycles. The van der Waals surface area contributed by atoms with Crippen LogP contribution in [0.3, 0.4) is 0 Å². The smallest absolute Gasteiger partial charge is 0.134 e. The van der Waals surface area contributed by atoms with E-state index >= 15 is 0 Å². The summed E-state index contributed by atoms with van der Waals surface area (Å²) in [4.78, 5) is 4.39. The SMILES string of the molecule is COc1cccc2c(NCC(C)(O)CC(C)C)nccc12. The molecule has 4 heteroatoms. The van der Waals surface area contributed by atoms with E-state index in [1.165, 1.54) is 0 Å². The lowest BCUT2D eigenvalue weighted by molar-refractivity contribution is 0.0515. The normalized spacial score (nSPS) is 14.2. The molecule has 21 heavy (non-hydrogen) atoms. The number of nitrogens with one attached hydrogen (secondary N) is 1. The lowest BCUT2D eigenvalue weighted by Crippen LogP contribution is -2.35. The average molecular weight is 288 g/mol. The number of aliphatic hydroxyl groups is 1. The third kappa shape index (κ3) is 3.85. The van der Waals surface area contributed by atoms with E-state index in [1.807, 2.05) is 31.2 Å². The third-order valence-corrected chi connectivity index (χ3v) is 3.47. The van der Waals surface area contributed by atoms with Crippen LogP contribution < -0.4 is 10.1 Å². The number of methoxy groups -OCH3 is 1. The second kappa shape index (κ2) is 6.31. The number of fused-ring (bicyclic) bond motifs is 1. The van der Waals surface area contributed by atoms with Crippen molar-refractivity contribution in [2.24, 2.45) is 5.92 Å². The van der Waals surface area contributed by atoms with Gasteiger partial charge in [-0.25, -0.2) is 4.98 Å². The lowest BCUT2D eigenvalue weighted by atomic mass is 9.94. The van der Waals surface area contributed by atoms with Crippen LogP contribution in [0.4, 0.5) is 5.82 Å². The number of hydrogen-bond donors (Lipinski definition) is 2. The highest BCUT2D eigenvalue weighted by Gasteiger charge is 2.22. The van der Waals surface area contributed by atoms with E-state index < -0.39 is 5.60 Å². The maximum atomic E-state index is 10.4. The topological polar surface area (TPSA) is 54.4 Å². The van der Waals surface area contributed by atoms with E-state index in [0.29, 0.717) is 12.5 Å². The van der Waals surface area contributed by atoms with E-state index in [4.69, 9.17) is 4.74 Å². The van der Waals surface area contributed by atoms with Crippen molar-refractivity contribution >= 4 is 16.6 Å². The van der Waals surface area contributed by atoms with E-state index in [-0.39, 0.29) is 0 Å². The predicted molar refractivity (Wildman–Crippen MR) is 86.9 cm³/mol. The number of pyridine rings is 1. The van der Waals surface area contributed by atoms with Gasteiger partial charge in [-0.3, -0.25) is 0 Å². The van der Waals surface area contributed by atoms with Crippen LogP contribution in [-0.4, -0.2) is 29.3 Å². The Bertz CT molecular complexity index is 609. The predicted octanol–water partition coefficient (Wildman–Crippen LogP) is 3.45. The van der Waals surface area contributed by atoms with Crippen molar-refractivity contribution in [1.29, 1.82) is 0 Å². The van der Waals surface area contributed by atoms with Crippen molar-refractivity contribution in [3.8, 4) is 5.75 Å². The molecule has 0 radical (unpaired) electrons. The fourth-order valence-electron chi connectivity index (χ4n) is 2.72. The average Bonchev–Trinajstić information content (AvgIpc) is 2.43. The van der Waals surface area contributed by atoms with Crippen molar-refractivity contribution in [3.63, 3.8) is 0 Å². The summed E-state index contributed by atoms with van der Waals surface area (Å²) in [5.41, 5.74) is -0.753. The quantitative estimate of drug-likeness (QED) is 0.855. The molecule has 114 valence electrons. The number of rotatable bonds is 6. The Morgan fingerprint density at radius 1 is 1.29 bits per heavy atom. The first-order chi connectivity index (χ1) is 9.93. The molecule has 1 atom stereocenters. The fraction of sp³-hybridized carbons (Fsp3) is 0.471. The molecule has 1 heterocycles. The highest BCUT2D eigenvalue weighted by molar-refractivity contribution is 5.95. The Morgan fingerprint density at radius 2 is 2.05 bits per heavy atom. The third-order valence-electron chi connectivity index (χ3n) is 3.47. The number of nitrogens with zero attached hydrogens (tertiary/aromatic N) is 1. The Kier molecular flexibility index (Phi) is 4.68. The van der Waals surface area contributed by atoms with Crippen LogP contribution in [0, 0.1) is 5.92 Å². The molecule has 2 N–H and O–H groups in total. The zero-order chi connectivity index (χ0) is 15.5. The Labute approximate surface area is 126 Å². The molecule has 0 saturated heterocycles. The zero-order valence-corrected chi connectivity index (χ0v) is 13.2. The summed E-state index contributed by atoms with van der Waals surface area (Å²) < 4.78 is 5.38. The van der Waals surface area contributed by atoms with Crippen molar-refractivity contribution < 1.29 is 9.84 Å². The standard InChI is InChI=1S/C17H24N2O2/c1-12(2)10-17(3,20)11-19-16-14-6-5-7-15(21-4)13(14)8-9-18-16/h5-9,12,20H,10-11H2,1-4H3,(H,18,19).